The van der Waals surface area contributed by atoms with Gasteiger partial charge in [-0.25, -0.2) is 9.97 Å². The van der Waals surface area contributed by atoms with Gasteiger partial charge in [0.1, 0.15) is 17.0 Å². The summed E-state index contributed by atoms with van der Waals surface area (Å²) in [5, 5.41) is 4.63. The van der Waals surface area contributed by atoms with E-state index in [1.807, 2.05) is 32.0 Å². The van der Waals surface area contributed by atoms with Crippen LogP contribution in [0, 0.1) is 13.8 Å². The summed E-state index contributed by atoms with van der Waals surface area (Å²) in [5.74, 6) is 0.794. The van der Waals surface area contributed by atoms with Gasteiger partial charge in [0.05, 0.1) is 10.3 Å². The van der Waals surface area contributed by atoms with Gasteiger partial charge in [-0.1, -0.05) is 24.6 Å². The number of aromatic nitrogens is 2. The van der Waals surface area contributed by atoms with Crippen LogP contribution in [0.3, 0.4) is 0 Å². The highest BCUT2D eigenvalue weighted by Crippen LogP contribution is 2.36. The first-order valence-electron chi connectivity index (χ1n) is 10.3. The maximum absolute atomic E-state index is 13.1. The number of thiophene rings is 1. The minimum absolute atomic E-state index is 0.139. The molecule has 30 heavy (non-hydrogen) atoms. The Morgan fingerprint density at radius 1 is 1.17 bits per heavy atom. The Morgan fingerprint density at radius 2 is 1.93 bits per heavy atom. The van der Waals surface area contributed by atoms with Gasteiger partial charge in [-0.3, -0.25) is 9.69 Å². The van der Waals surface area contributed by atoms with Gasteiger partial charge >= 0.3 is 0 Å². The van der Waals surface area contributed by atoms with Gasteiger partial charge in [-0.15, -0.1) is 11.3 Å². The monoisotopic (exact) mass is 443 g/mol. The largest absolute Gasteiger partial charge is 0.353 e. The van der Waals surface area contributed by atoms with Crippen LogP contribution in [0.15, 0.2) is 24.5 Å². The van der Waals surface area contributed by atoms with Crippen LogP contribution in [0.1, 0.15) is 34.1 Å². The minimum Gasteiger partial charge on any atom is -0.353 e. The van der Waals surface area contributed by atoms with Crippen LogP contribution in [0.25, 0.3) is 10.2 Å². The molecule has 8 heteroatoms. The van der Waals surface area contributed by atoms with Crippen LogP contribution in [0.5, 0.6) is 0 Å². The Labute approximate surface area is 185 Å². The smallest absolute Gasteiger partial charge is 0.266 e. The molecule has 158 valence electrons. The van der Waals surface area contributed by atoms with Crippen LogP contribution < -0.4 is 10.2 Å². The molecule has 1 aromatic carbocycles. The number of hydrogen-bond acceptors (Lipinski definition) is 6. The Balaban J connectivity index is 1.62. The predicted octanol–water partition coefficient (Wildman–Crippen LogP) is 4.75. The van der Waals surface area contributed by atoms with E-state index in [2.05, 4.69) is 32.0 Å². The molecule has 1 fully saturated rings. The van der Waals surface area contributed by atoms with Crippen molar-refractivity contribution in [3.8, 4) is 0 Å². The van der Waals surface area contributed by atoms with Gasteiger partial charge in [0.25, 0.3) is 5.91 Å². The van der Waals surface area contributed by atoms with E-state index < -0.39 is 0 Å². The first-order valence-corrected chi connectivity index (χ1v) is 11.5. The van der Waals surface area contributed by atoms with Crippen molar-refractivity contribution in [2.24, 2.45) is 0 Å². The molecular formula is C22H26ClN5OS. The number of anilines is 2. The first-order chi connectivity index (χ1) is 14.5. The summed E-state index contributed by atoms with van der Waals surface area (Å²) in [7, 11) is 0. The van der Waals surface area contributed by atoms with Crippen LogP contribution >= 0.6 is 22.9 Å². The number of carbonyl (C=O) groups is 1. The summed E-state index contributed by atoms with van der Waals surface area (Å²) >= 11 is 7.61. The zero-order valence-electron chi connectivity index (χ0n) is 17.5. The zero-order valence-corrected chi connectivity index (χ0v) is 19.1. The Morgan fingerprint density at radius 3 is 2.67 bits per heavy atom. The summed E-state index contributed by atoms with van der Waals surface area (Å²) in [6.07, 6.45) is 2.78. The van der Waals surface area contributed by atoms with Gasteiger partial charge < -0.3 is 10.2 Å². The molecule has 0 atom stereocenters. The molecule has 3 aromatic rings. The van der Waals surface area contributed by atoms with Crippen LogP contribution in [0.2, 0.25) is 5.02 Å². The number of nitrogens with zero attached hydrogens (tertiary/aromatic N) is 4. The number of benzene rings is 1. The molecule has 6 nitrogen and oxygen atoms in total. The van der Waals surface area contributed by atoms with E-state index in [1.54, 1.807) is 6.33 Å². The number of piperazine rings is 1. The van der Waals surface area contributed by atoms with Gasteiger partial charge in [0.15, 0.2) is 0 Å². The lowest BCUT2D eigenvalue weighted by atomic mass is 10.1. The lowest BCUT2D eigenvalue weighted by molar-refractivity contribution is 0.103. The molecule has 1 saturated heterocycles. The van der Waals surface area contributed by atoms with Crippen molar-refractivity contribution in [2.75, 3.05) is 42.9 Å². The van der Waals surface area contributed by atoms with Crippen molar-refractivity contribution < 1.29 is 4.79 Å². The summed E-state index contributed by atoms with van der Waals surface area (Å²) in [4.78, 5) is 28.4. The molecule has 3 heterocycles. The summed E-state index contributed by atoms with van der Waals surface area (Å²) in [6.45, 7) is 11.2. The average molecular weight is 444 g/mol. The molecule has 0 bridgehead atoms. The van der Waals surface area contributed by atoms with Crippen molar-refractivity contribution in [1.29, 1.82) is 0 Å². The maximum atomic E-state index is 13.1. The number of halogens is 1. The van der Waals surface area contributed by atoms with Crippen LogP contribution in [-0.4, -0.2) is 53.5 Å². The van der Waals surface area contributed by atoms with Crippen LogP contribution in [0.4, 0.5) is 11.5 Å². The summed E-state index contributed by atoms with van der Waals surface area (Å²) in [6, 6.07) is 5.52. The molecule has 1 aliphatic heterocycles. The fourth-order valence-electron chi connectivity index (χ4n) is 3.93. The number of amides is 1. The summed E-state index contributed by atoms with van der Waals surface area (Å²) < 4.78 is 0. The number of rotatable bonds is 5. The van der Waals surface area contributed by atoms with E-state index in [0.29, 0.717) is 9.90 Å². The van der Waals surface area contributed by atoms with E-state index >= 15 is 0 Å². The second-order valence-corrected chi connectivity index (χ2v) is 9.04. The molecule has 1 N–H and O–H groups in total. The van der Waals surface area contributed by atoms with E-state index in [-0.39, 0.29) is 5.91 Å². The molecule has 4 rings (SSSR count). The number of hydrogen-bond donors (Lipinski definition) is 1. The quantitative estimate of drug-likeness (QED) is 0.616. The average Bonchev–Trinajstić information content (AvgIpc) is 3.09. The third kappa shape index (κ3) is 4.02. The third-order valence-corrected chi connectivity index (χ3v) is 7.25. The Hall–Kier alpha value is -2.22. The number of fused-ring (bicyclic) bond motifs is 1. The van der Waals surface area contributed by atoms with Crippen molar-refractivity contribution in [3.05, 3.63) is 45.6 Å². The van der Waals surface area contributed by atoms with E-state index in [4.69, 9.17) is 11.6 Å². The highest BCUT2D eigenvalue weighted by Gasteiger charge is 2.24. The van der Waals surface area contributed by atoms with Crippen LogP contribution in [-0.2, 0) is 0 Å². The van der Waals surface area contributed by atoms with Gasteiger partial charge in [-0.2, -0.15) is 0 Å². The lowest BCUT2D eigenvalue weighted by Crippen LogP contribution is -2.46. The molecule has 2 aromatic heterocycles. The minimum atomic E-state index is -0.139. The first kappa shape index (κ1) is 21.0. The van der Waals surface area contributed by atoms with E-state index in [0.717, 1.165) is 65.6 Å². The van der Waals surface area contributed by atoms with Crippen molar-refractivity contribution in [2.45, 2.75) is 27.2 Å². The topological polar surface area (TPSA) is 61.4 Å². The molecule has 1 aliphatic rings. The molecule has 0 radical (unpaired) electrons. The van der Waals surface area contributed by atoms with E-state index in [1.165, 1.54) is 17.8 Å². The maximum Gasteiger partial charge on any atom is 0.266 e. The molecular weight excluding hydrogens is 418 g/mol. The number of aryl methyl sites for hydroxylation is 1. The van der Waals surface area contributed by atoms with Crippen molar-refractivity contribution in [1.82, 2.24) is 14.9 Å². The molecule has 0 saturated carbocycles. The second kappa shape index (κ2) is 8.88. The SMILES string of the molecule is CCCN1CCN(c2ncnc3sc(C(=O)Nc4cccc(Cl)c4C)c(C)c23)CC1. The third-order valence-electron chi connectivity index (χ3n) is 5.64. The number of nitrogens with one attached hydrogen (secondary N) is 1. The molecule has 0 unspecified atom stereocenters. The number of carbonyl (C=O) groups excluding carboxylic acids is 1. The van der Waals surface area contributed by atoms with E-state index in [9.17, 15) is 4.79 Å². The fourth-order valence-corrected chi connectivity index (χ4v) is 5.14. The standard InChI is InChI=1S/C22H26ClN5OS/c1-4-8-27-9-11-28(12-10-27)20-18-15(3)19(30-22(18)25-13-24-20)21(29)26-17-7-5-6-16(23)14(17)2/h5-7,13H,4,8-12H2,1-3H3,(H,26,29). The van der Waals surface area contributed by atoms with Crippen molar-refractivity contribution in [3.63, 3.8) is 0 Å². The fraction of sp³-hybridized carbons (Fsp3) is 0.409. The highest BCUT2D eigenvalue weighted by molar-refractivity contribution is 7.20. The van der Waals surface area contributed by atoms with Gasteiger partial charge in [0.2, 0.25) is 0 Å². The Kier molecular flexibility index (Phi) is 6.22. The predicted molar refractivity (Wildman–Crippen MR) is 125 cm³/mol. The Bertz CT molecular complexity index is 1070. The zero-order chi connectivity index (χ0) is 21.3. The summed E-state index contributed by atoms with van der Waals surface area (Å²) in [5.41, 5.74) is 2.51. The molecule has 0 aliphatic carbocycles. The van der Waals surface area contributed by atoms with Crippen molar-refractivity contribution >= 4 is 50.6 Å². The molecule has 1 amide bonds. The normalized spacial score (nSPS) is 15.0. The lowest BCUT2D eigenvalue weighted by Gasteiger charge is -2.35. The van der Waals surface area contributed by atoms with Gasteiger partial charge in [-0.05, 0) is 50.1 Å². The second-order valence-electron chi connectivity index (χ2n) is 7.63. The van der Waals surface area contributed by atoms with Gasteiger partial charge in [0, 0.05) is 36.9 Å². The molecule has 0 spiro atoms. The highest BCUT2D eigenvalue weighted by atomic mass is 35.5.